The fourth-order valence-electron chi connectivity index (χ4n) is 2.70. The summed E-state index contributed by atoms with van der Waals surface area (Å²) in [4.78, 5) is -0.176. The van der Waals surface area contributed by atoms with E-state index in [2.05, 4.69) is 16.8 Å². The first-order valence-electron chi connectivity index (χ1n) is 7.77. The second-order valence-electron chi connectivity index (χ2n) is 5.50. The van der Waals surface area contributed by atoms with Crippen molar-refractivity contribution in [3.05, 3.63) is 71.9 Å². The quantitative estimate of drug-likeness (QED) is 0.182. The number of nitrogens with two attached hydrogens (primary N) is 4. The largest absolute Gasteiger partial charge is 0.384 e. The van der Waals surface area contributed by atoms with E-state index in [1.165, 1.54) is 6.07 Å². The van der Waals surface area contributed by atoms with Crippen molar-refractivity contribution in [1.82, 2.24) is 9.78 Å². The lowest BCUT2D eigenvalue weighted by Gasteiger charge is -2.14. The van der Waals surface area contributed by atoms with E-state index in [4.69, 9.17) is 16.3 Å². The first-order valence-corrected chi connectivity index (χ1v) is 9.32. The molecule has 0 atom stereocenters. The summed E-state index contributed by atoms with van der Waals surface area (Å²) in [7, 11) is -4.01. The number of nitrogen functional groups attached to an aromatic ring is 1. The summed E-state index contributed by atoms with van der Waals surface area (Å²) < 4.78 is 25.4. The monoisotopic (exact) mass is 387 g/mol. The molecule has 2 aromatic carbocycles. The maximum absolute atomic E-state index is 11.9. The summed E-state index contributed by atoms with van der Waals surface area (Å²) in [5.41, 5.74) is 7.92. The Hall–Kier alpha value is -3.05. The van der Waals surface area contributed by atoms with E-state index in [1.54, 1.807) is 29.1 Å². The van der Waals surface area contributed by atoms with Gasteiger partial charge < -0.3 is 5.73 Å². The van der Waals surface area contributed by atoms with Crippen LogP contribution < -0.4 is 22.6 Å². The third kappa shape index (κ3) is 4.57. The van der Waals surface area contributed by atoms with Crippen LogP contribution in [0.5, 0.6) is 0 Å². The molecule has 0 aliphatic heterocycles. The molecule has 0 aliphatic rings. The predicted molar refractivity (Wildman–Crippen MR) is 104 cm³/mol. The topological polar surface area (TPSA) is 180 Å². The van der Waals surface area contributed by atoms with E-state index in [0.29, 0.717) is 17.8 Å². The van der Waals surface area contributed by atoms with Crippen LogP contribution in [0, 0.1) is 5.41 Å². The Kier molecular flexibility index (Phi) is 6.42. The average Bonchev–Trinajstić information content (AvgIpc) is 3.10. The Morgan fingerprint density at radius 2 is 1.70 bits per heavy atom. The molecule has 0 saturated heterocycles. The van der Waals surface area contributed by atoms with Crippen molar-refractivity contribution >= 4 is 15.9 Å². The van der Waals surface area contributed by atoms with Gasteiger partial charge in [-0.05, 0) is 17.7 Å². The molecule has 0 bridgehead atoms. The van der Waals surface area contributed by atoms with Crippen LogP contribution >= 0.6 is 0 Å². The number of hydrazine groups is 1. The molecule has 10 heteroatoms. The van der Waals surface area contributed by atoms with E-state index in [9.17, 15) is 8.42 Å². The highest BCUT2D eigenvalue weighted by Crippen LogP contribution is 2.28. The molecule has 3 rings (SSSR count). The van der Waals surface area contributed by atoms with Crippen molar-refractivity contribution in [2.75, 3.05) is 0 Å². The molecule has 142 valence electrons. The third-order valence-electron chi connectivity index (χ3n) is 3.77. The molecule has 1 heterocycles. The normalized spacial score (nSPS) is 10.8. The zero-order valence-electron chi connectivity index (χ0n) is 14.4. The Balaban J connectivity index is 0.00000126. The van der Waals surface area contributed by atoms with Crippen LogP contribution in [0.15, 0.2) is 65.7 Å². The van der Waals surface area contributed by atoms with Crippen molar-refractivity contribution in [3.63, 3.8) is 0 Å². The molecule has 0 fully saturated rings. The lowest BCUT2D eigenvalue weighted by molar-refractivity contribution is 0.597. The minimum atomic E-state index is -4.01. The standard InChI is InChI=1S/C17H17N5O2S.H4N2/c18-17(19)16-13(7-4-8-15(16)25(20,23)24)14-9-10-21-22(14)11-12-5-2-1-3-6-12;1-2/h1-10H,11H2,(H3,18,19)(H2,20,23,24);1-2H2. The average molecular weight is 387 g/mol. The highest BCUT2D eigenvalue weighted by Gasteiger charge is 2.21. The number of aromatic nitrogens is 2. The first kappa shape index (κ1) is 20.3. The van der Waals surface area contributed by atoms with E-state index >= 15 is 0 Å². The van der Waals surface area contributed by atoms with E-state index in [-0.39, 0.29) is 16.3 Å². The summed E-state index contributed by atoms with van der Waals surface area (Å²) in [6.07, 6.45) is 1.62. The molecule has 9 nitrogen and oxygen atoms in total. The fraction of sp³-hybridized carbons (Fsp3) is 0.0588. The molecule has 3 aromatic rings. The zero-order chi connectivity index (χ0) is 20.0. The number of hydrogen-bond donors (Lipinski definition) is 5. The first-order chi connectivity index (χ1) is 12.9. The predicted octanol–water partition coefficient (Wildman–Crippen LogP) is 0.349. The van der Waals surface area contributed by atoms with Gasteiger partial charge in [0.2, 0.25) is 10.0 Å². The minimum absolute atomic E-state index is 0.0832. The number of primary sulfonamides is 1. The number of hydrogen-bond acceptors (Lipinski definition) is 6. The Labute approximate surface area is 157 Å². The van der Waals surface area contributed by atoms with E-state index in [1.807, 2.05) is 30.3 Å². The highest BCUT2D eigenvalue weighted by atomic mass is 32.2. The molecular weight excluding hydrogens is 366 g/mol. The van der Waals surface area contributed by atoms with Crippen molar-refractivity contribution in [3.8, 4) is 11.3 Å². The molecular formula is C17H21N7O2S. The number of sulfonamides is 1. The number of benzene rings is 2. The van der Waals surface area contributed by atoms with Gasteiger partial charge in [0.15, 0.2) is 0 Å². The summed E-state index contributed by atoms with van der Waals surface area (Å²) in [5, 5.41) is 17.4. The molecule has 0 aliphatic carbocycles. The van der Waals surface area contributed by atoms with Gasteiger partial charge in [-0.2, -0.15) is 5.10 Å². The van der Waals surface area contributed by atoms with Crippen molar-refractivity contribution in [1.29, 1.82) is 5.41 Å². The van der Waals surface area contributed by atoms with Crippen LogP contribution in [-0.2, 0) is 16.6 Å². The maximum Gasteiger partial charge on any atom is 0.238 e. The van der Waals surface area contributed by atoms with Crippen LogP contribution in [0.1, 0.15) is 11.1 Å². The van der Waals surface area contributed by atoms with Gasteiger partial charge in [-0.3, -0.25) is 21.8 Å². The van der Waals surface area contributed by atoms with Crippen LogP contribution in [0.25, 0.3) is 11.3 Å². The number of amidine groups is 1. The number of nitrogens with zero attached hydrogens (tertiary/aromatic N) is 2. The second kappa shape index (κ2) is 8.56. The lowest BCUT2D eigenvalue weighted by atomic mass is 10.0. The Morgan fingerprint density at radius 1 is 1.04 bits per heavy atom. The van der Waals surface area contributed by atoms with Gasteiger partial charge in [0.25, 0.3) is 0 Å². The van der Waals surface area contributed by atoms with Gasteiger partial charge in [0.1, 0.15) is 5.84 Å². The molecule has 1 aromatic heterocycles. The number of nitrogens with one attached hydrogen (secondary N) is 1. The van der Waals surface area contributed by atoms with Crippen LogP contribution in [0.3, 0.4) is 0 Å². The van der Waals surface area contributed by atoms with Crippen molar-refractivity contribution in [2.45, 2.75) is 11.4 Å². The Bertz CT molecular complexity index is 1030. The zero-order valence-corrected chi connectivity index (χ0v) is 15.2. The summed E-state index contributed by atoms with van der Waals surface area (Å²) >= 11 is 0. The SMILES string of the molecule is N=C(N)c1c(-c2ccnn2Cc2ccccc2)cccc1S(N)(=O)=O.NN. The molecule has 0 radical (unpaired) electrons. The summed E-state index contributed by atoms with van der Waals surface area (Å²) in [6, 6.07) is 16.1. The van der Waals surface area contributed by atoms with Crippen molar-refractivity contribution < 1.29 is 8.42 Å². The molecule has 27 heavy (non-hydrogen) atoms. The van der Waals surface area contributed by atoms with Crippen molar-refractivity contribution in [2.24, 2.45) is 22.6 Å². The number of rotatable bonds is 5. The minimum Gasteiger partial charge on any atom is -0.384 e. The third-order valence-corrected chi connectivity index (χ3v) is 4.72. The molecule has 9 N–H and O–H groups in total. The Morgan fingerprint density at radius 3 is 2.30 bits per heavy atom. The van der Waals surface area contributed by atoms with Gasteiger partial charge in [0.05, 0.1) is 17.1 Å². The van der Waals surface area contributed by atoms with Gasteiger partial charge in [0, 0.05) is 17.3 Å². The van der Waals surface area contributed by atoms with Crippen LogP contribution in [0.4, 0.5) is 0 Å². The fourth-order valence-corrected chi connectivity index (χ4v) is 3.48. The maximum atomic E-state index is 11.9. The van der Waals surface area contributed by atoms with Gasteiger partial charge >= 0.3 is 0 Å². The molecule has 0 spiro atoms. The molecule has 0 amide bonds. The summed E-state index contributed by atoms with van der Waals surface area (Å²) in [6.45, 7) is 0.500. The van der Waals surface area contributed by atoms with Gasteiger partial charge in [-0.15, -0.1) is 0 Å². The molecule has 0 unspecified atom stereocenters. The van der Waals surface area contributed by atoms with Gasteiger partial charge in [-0.25, -0.2) is 13.6 Å². The smallest absolute Gasteiger partial charge is 0.238 e. The second-order valence-corrected chi connectivity index (χ2v) is 7.03. The van der Waals surface area contributed by atoms with Crippen LogP contribution in [-0.4, -0.2) is 24.0 Å². The van der Waals surface area contributed by atoms with E-state index in [0.717, 1.165) is 5.56 Å². The summed E-state index contributed by atoms with van der Waals surface area (Å²) in [5.74, 6) is 7.63. The van der Waals surface area contributed by atoms with E-state index < -0.39 is 10.0 Å². The lowest BCUT2D eigenvalue weighted by Crippen LogP contribution is -2.22. The highest BCUT2D eigenvalue weighted by molar-refractivity contribution is 7.89. The van der Waals surface area contributed by atoms with Crippen LogP contribution in [0.2, 0.25) is 0 Å². The molecule has 0 saturated carbocycles. The van der Waals surface area contributed by atoms with Gasteiger partial charge in [-0.1, -0.05) is 42.5 Å².